The van der Waals surface area contributed by atoms with Crippen molar-refractivity contribution < 1.29 is 49.8 Å². The molecule has 4 aromatic rings. The predicted molar refractivity (Wildman–Crippen MR) is 168 cm³/mol. The molecule has 0 radical (unpaired) electrons. The van der Waals surface area contributed by atoms with Gasteiger partial charge in [0.05, 0.1) is 21.1 Å². The molecular formula is C33H35IrN2O6S2. The fourth-order valence-electron chi connectivity index (χ4n) is 2.72. The van der Waals surface area contributed by atoms with Gasteiger partial charge in [-0.3, -0.25) is 24.4 Å². The number of carbonyl (C=O) groups is 3. The fourth-order valence-corrected chi connectivity index (χ4v) is 4.13. The Morgan fingerprint density at radius 2 is 0.864 bits per heavy atom. The molecule has 11 heteroatoms. The summed E-state index contributed by atoms with van der Waals surface area (Å²) in [5.74, 6) is -1.12. The summed E-state index contributed by atoms with van der Waals surface area (Å²) < 4.78 is 0. The molecule has 8 nitrogen and oxygen atoms in total. The number of thiophene rings is 2. The topological polar surface area (TPSA) is 146 Å². The number of ketones is 3. The molecule has 0 amide bonds. The zero-order valence-electron chi connectivity index (χ0n) is 25.3. The largest absolute Gasteiger partial charge is 3.00 e. The summed E-state index contributed by atoms with van der Waals surface area (Å²) in [6.45, 7) is 8.09. The molecule has 0 aliphatic carbocycles. The molecule has 0 N–H and O–H groups in total. The molecule has 0 atom stereocenters. The van der Waals surface area contributed by atoms with Gasteiger partial charge in [-0.15, -0.1) is 40.0 Å². The van der Waals surface area contributed by atoms with Crippen molar-refractivity contribution in [3.63, 3.8) is 0 Å². The molecule has 234 valence electrons. The minimum absolute atomic E-state index is 0. The van der Waals surface area contributed by atoms with Crippen LogP contribution in [0.25, 0.3) is 21.1 Å². The van der Waals surface area contributed by atoms with E-state index in [0.29, 0.717) is 0 Å². The van der Waals surface area contributed by atoms with Crippen molar-refractivity contribution in [1.82, 2.24) is 9.97 Å². The van der Waals surface area contributed by atoms with Crippen molar-refractivity contribution in [3.05, 3.63) is 119 Å². The second-order valence-corrected chi connectivity index (χ2v) is 10.4. The second-order valence-electron chi connectivity index (χ2n) is 8.48. The maximum absolute atomic E-state index is 9.98. The zero-order valence-corrected chi connectivity index (χ0v) is 29.3. The van der Waals surface area contributed by atoms with E-state index in [4.69, 9.17) is 0 Å². The van der Waals surface area contributed by atoms with Crippen molar-refractivity contribution in [1.29, 1.82) is 0 Å². The first-order valence-electron chi connectivity index (χ1n) is 12.8. The van der Waals surface area contributed by atoms with Crippen molar-refractivity contribution in [2.45, 2.75) is 41.5 Å². The molecular weight excluding hydrogens is 777 g/mol. The molecule has 0 spiro atoms. The standard InChI is InChI=1S/2C9H7NS.3C5H8O2.Ir/c2*1-2-6-10-8(4-1)9-5-3-7-11-9;3*1-4(6)3-5(2)7;/h2*1-7H;3*3,6H,1-2H3;/q;;;;;+3/p-3/b;;3*4-3-;. The van der Waals surface area contributed by atoms with Gasteiger partial charge in [-0.05, 0) is 86.2 Å². The van der Waals surface area contributed by atoms with Gasteiger partial charge < -0.3 is 15.3 Å². The van der Waals surface area contributed by atoms with E-state index in [9.17, 15) is 29.7 Å². The van der Waals surface area contributed by atoms with E-state index in [0.717, 1.165) is 29.6 Å². The molecule has 0 aromatic carbocycles. The molecule has 0 unspecified atom stereocenters. The van der Waals surface area contributed by atoms with E-state index in [-0.39, 0.29) is 54.7 Å². The number of rotatable bonds is 5. The van der Waals surface area contributed by atoms with Gasteiger partial charge in [-0.1, -0.05) is 45.0 Å². The fraction of sp³-hybridized carbons (Fsp3) is 0.182. The molecule has 0 fully saturated rings. The van der Waals surface area contributed by atoms with Crippen LogP contribution in [0.2, 0.25) is 0 Å². The van der Waals surface area contributed by atoms with Crippen LogP contribution in [0.3, 0.4) is 0 Å². The van der Waals surface area contributed by atoms with Crippen LogP contribution in [0.5, 0.6) is 0 Å². The maximum atomic E-state index is 9.98. The normalized spacial score (nSPS) is 10.4. The molecule has 44 heavy (non-hydrogen) atoms. The summed E-state index contributed by atoms with van der Waals surface area (Å²) in [4.78, 5) is 40.9. The monoisotopic (exact) mass is 812 g/mol. The van der Waals surface area contributed by atoms with Gasteiger partial charge in [0, 0.05) is 12.4 Å². The minimum Gasteiger partial charge on any atom is -0.876 e. The SMILES string of the molecule is CC(=O)/C=C(/C)[O-].CC(=O)/C=C(/C)[O-].CC(=O)/C=C(/C)[O-].[Ir+3].c1ccc(-c2cccs2)nc1.c1ccc(-c2cccs2)nc1. The number of carbonyl (C=O) groups excluding carboxylic acids is 3. The Hall–Kier alpha value is -4.02. The Labute approximate surface area is 280 Å². The van der Waals surface area contributed by atoms with E-state index in [2.05, 4.69) is 32.9 Å². The molecule has 4 aromatic heterocycles. The number of nitrogens with zero attached hydrogens (tertiary/aromatic N) is 2. The Balaban J connectivity index is 0. The van der Waals surface area contributed by atoms with Gasteiger partial charge in [0.15, 0.2) is 17.3 Å². The predicted octanol–water partition coefficient (Wildman–Crippen LogP) is 5.14. The van der Waals surface area contributed by atoms with Crippen LogP contribution in [0.4, 0.5) is 0 Å². The van der Waals surface area contributed by atoms with Gasteiger partial charge >= 0.3 is 20.1 Å². The van der Waals surface area contributed by atoms with Crippen molar-refractivity contribution in [3.8, 4) is 21.1 Å². The average Bonchev–Trinajstić information content (AvgIpc) is 3.64. The third kappa shape index (κ3) is 24.6. The van der Waals surface area contributed by atoms with E-state index >= 15 is 0 Å². The zero-order chi connectivity index (χ0) is 32.6. The van der Waals surface area contributed by atoms with E-state index < -0.39 is 0 Å². The molecule has 0 saturated carbocycles. The number of allylic oxidation sites excluding steroid dienone is 6. The van der Waals surface area contributed by atoms with Gasteiger partial charge in [0.25, 0.3) is 0 Å². The van der Waals surface area contributed by atoms with Gasteiger partial charge in [0.1, 0.15) is 0 Å². The van der Waals surface area contributed by atoms with Crippen molar-refractivity contribution in [2.24, 2.45) is 0 Å². The van der Waals surface area contributed by atoms with Gasteiger partial charge in [-0.2, -0.15) is 0 Å². The Bertz CT molecular complexity index is 1290. The first-order chi connectivity index (χ1) is 20.3. The molecule has 0 aliphatic rings. The molecule has 4 rings (SSSR count). The quantitative estimate of drug-likeness (QED) is 0.199. The van der Waals surface area contributed by atoms with Gasteiger partial charge in [0.2, 0.25) is 0 Å². The van der Waals surface area contributed by atoms with Crippen LogP contribution in [0.15, 0.2) is 119 Å². The number of hydrogen-bond donors (Lipinski definition) is 0. The first kappa shape index (κ1) is 42.1. The summed E-state index contributed by atoms with van der Waals surface area (Å²) in [5.41, 5.74) is 2.12. The maximum Gasteiger partial charge on any atom is 3.00 e. The number of aromatic nitrogens is 2. The summed E-state index contributed by atoms with van der Waals surface area (Å²) in [6.07, 6.45) is 6.80. The Morgan fingerprint density at radius 1 is 0.545 bits per heavy atom. The van der Waals surface area contributed by atoms with E-state index in [1.165, 1.54) is 51.3 Å². The van der Waals surface area contributed by atoms with Crippen LogP contribution in [-0.4, -0.2) is 27.3 Å². The number of pyridine rings is 2. The Morgan fingerprint density at radius 3 is 1.02 bits per heavy atom. The van der Waals surface area contributed by atoms with Gasteiger partial charge in [-0.25, -0.2) is 0 Å². The van der Waals surface area contributed by atoms with Crippen molar-refractivity contribution in [2.75, 3.05) is 0 Å². The van der Waals surface area contributed by atoms with Crippen LogP contribution in [0.1, 0.15) is 41.5 Å². The van der Waals surface area contributed by atoms with E-state index in [1.54, 1.807) is 22.7 Å². The molecule has 4 heterocycles. The first-order valence-corrected chi connectivity index (χ1v) is 14.5. The number of hydrogen-bond acceptors (Lipinski definition) is 10. The molecule has 0 bridgehead atoms. The summed E-state index contributed by atoms with van der Waals surface area (Å²) in [7, 11) is 0. The van der Waals surface area contributed by atoms with Crippen LogP contribution in [0, 0.1) is 0 Å². The summed E-state index contributed by atoms with van der Waals surface area (Å²) in [6, 6.07) is 20.1. The summed E-state index contributed by atoms with van der Waals surface area (Å²) >= 11 is 3.43. The summed E-state index contributed by atoms with van der Waals surface area (Å²) in [5, 5.41) is 34.1. The van der Waals surface area contributed by atoms with Crippen LogP contribution in [-0.2, 0) is 34.5 Å². The van der Waals surface area contributed by atoms with Crippen LogP contribution < -0.4 is 15.3 Å². The van der Waals surface area contributed by atoms with Crippen LogP contribution >= 0.6 is 22.7 Å². The second kappa shape index (κ2) is 25.5. The third-order valence-corrected chi connectivity index (χ3v) is 5.88. The molecule has 0 saturated heterocycles. The third-order valence-electron chi connectivity index (χ3n) is 4.10. The minimum atomic E-state index is -0.187. The molecule has 0 aliphatic heterocycles. The smallest absolute Gasteiger partial charge is 0.876 e. The van der Waals surface area contributed by atoms with Crippen molar-refractivity contribution >= 4 is 40.0 Å². The van der Waals surface area contributed by atoms with E-state index in [1.807, 2.05) is 60.9 Å². The Kier molecular flexibility index (Phi) is 24.4. The average molecular weight is 812 g/mol.